The van der Waals surface area contributed by atoms with E-state index in [0.29, 0.717) is 10.7 Å². The van der Waals surface area contributed by atoms with E-state index in [-0.39, 0.29) is 22.7 Å². The number of rotatable bonds is 4. The third-order valence-electron chi connectivity index (χ3n) is 2.98. The summed E-state index contributed by atoms with van der Waals surface area (Å²) in [5, 5.41) is 12.9. The van der Waals surface area contributed by atoms with Crippen molar-refractivity contribution in [1.82, 2.24) is 9.38 Å². The molecule has 2 aromatic heterocycles. The maximum Gasteiger partial charge on any atom is 0.352 e. The third kappa shape index (κ3) is 1.91. The first kappa shape index (κ1) is 12.0. The fraction of sp³-hybridized carbons (Fsp3) is 0.500. The van der Waals surface area contributed by atoms with Gasteiger partial charge in [-0.25, -0.2) is 0 Å². The van der Waals surface area contributed by atoms with Crippen molar-refractivity contribution in [2.24, 2.45) is 5.73 Å². The van der Waals surface area contributed by atoms with Crippen LogP contribution in [-0.4, -0.2) is 20.3 Å². The SMILES string of the molecule is CCC(N)C(C)c1nc2sccn2c1[N+](=O)[O-]. The van der Waals surface area contributed by atoms with Gasteiger partial charge in [-0.1, -0.05) is 25.2 Å². The van der Waals surface area contributed by atoms with Crippen LogP contribution < -0.4 is 5.73 Å². The first-order valence-electron chi connectivity index (χ1n) is 5.41. The van der Waals surface area contributed by atoms with Gasteiger partial charge in [-0.3, -0.25) is 0 Å². The lowest BCUT2D eigenvalue weighted by Gasteiger charge is -2.15. The maximum atomic E-state index is 11.1. The highest BCUT2D eigenvalue weighted by Crippen LogP contribution is 2.31. The van der Waals surface area contributed by atoms with Crippen LogP contribution in [0.1, 0.15) is 31.9 Å². The highest BCUT2D eigenvalue weighted by Gasteiger charge is 2.29. The van der Waals surface area contributed by atoms with E-state index in [0.717, 1.165) is 6.42 Å². The van der Waals surface area contributed by atoms with Crippen LogP contribution in [0.4, 0.5) is 5.82 Å². The molecule has 2 N–H and O–H groups in total. The zero-order valence-electron chi connectivity index (χ0n) is 9.66. The molecule has 0 bridgehead atoms. The fourth-order valence-electron chi connectivity index (χ4n) is 1.83. The quantitative estimate of drug-likeness (QED) is 0.669. The Morgan fingerprint density at radius 1 is 1.71 bits per heavy atom. The van der Waals surface area contributed by atoms with Crippen molar-refractivity contribution < 1.29 is 4.92 Å². The molecule has 2 rings (SSSR count). The van der Waals surface area contributed by atoms with Crippen molar-refractivity contribution >= 4 is 22.1 Å². The summed E-state index contributed by atoms with van der Waals surface area (Å²) in [6, 6.07) is -0.113. The Morgan fingerprint density at radius 3 is 3.00 bits per heavy atom. The minimum absolute atomic E-state index is 0.0395. The van der Waals surface area contributed by atoms with Gasteiger partial charge >= 0.3 is 5.82 Å². The van der Waals surface area contributed by atoms with Crippen LogP contribution in [0, 0.1) is 10.1 Å². The average Bonchev–Trinajstić information content (AvgIpc) is 2.85. The number of nitrogens with zero attached hydrogens (tertiary/aromatic N) is 3. The van der Waals surface area contributed by atoms with Gasteiger partial charge in [-0.05, 0) is 11.3 Å². The molecular weight excluding hydrogens is 240 g/mol. The molecule has 0 saturated carbocycles. The van der Waals surface area contributed by atoms with Crippen molar-refractivity contribution in [3.05, 3.63) is 27.4 Å². The molecule has 92 valence electrons. The number of imidazole rings is 1. The van der Waals surface area contributed by atoms with Crippen molar-refractivity contribution in [2.45, 2.75) is 32.2 Å². The number of aromatic nitrogens is 2. The predicted molar refractivity (Wildman–Crippen MR) is 66.4 cm³/mol. The van der Waals surface area contributed by atoms with E-state index in [9.17, 15) is 10.1 Å². The number of nitro groups is 1. The molecule has 0 aliphatic carbocycles. The largest absolute Gasteiger partial charge is 0.358 e. The van der Waals surface area contributed by atoms with Gasteiger partial charge in [-0.15, -0.1) is 0 Å². The lowest BCUT2D eigenvalue weighted by atomic mass is 9.97. The van der Waals surface area contributed by atoms with Gasteiger partial charge in [0.1, 0.15) is 11.9 Å². The summed E-state index contributed by atoms with van der Waals surface area (Å²) in [6.45, 7) is 3.85. The van der Waals surface area contributed by atoms with E-state index in [4.69, 9.17) is 5.73 Å². The summed E-state index contributed by atoms with van der Waals surface area (Å²) >= 11 is 1.38. The molecule has 6 nitrogen and oxygen atoms in total. The Labute approximate surface area is 102 Å². The highest BCUT2D eigenvalue weighted by molar-refractivity contribution is 7.15. The molecule has 2 unspecified atom stereocenters. The number of thiazole rings is 1. The predicted octanol–water partition coefficient (Wildman–Crippen LogP) is 2.14. The molecule has 2 atom stereocenters. The van der Waals surface area contributed by atoms with Gasteiger partial charge in [0, 0.05) is 17.3 Å². The Bertz CT molecular complexity index is 547. The second kappa shape index (κ2) is 4.42. The van der Waals surface area contributed by atoms with E-state index >= 15 is 0 Å². The summed E-state index contributed by atoms with van der Waals surface area (Å²) in [4.78, 5) is 15.7. The number of fused-ring (bicyclic) bond motifs is 1. The lowest BCUT2D eigenvalue weighted by molar-refractivity contribution is -0.391. The summed E-state index contributed by atoms with van der Waals surface area (Å²) in [7, 11) is 0. The van der Waals surface area contributed by atoms with Crippen molar-refractivity contribution in [3.8, 4) is 0 Å². The number of hydrogen-bond donors (Lipinski definition) is 1. The smallest absolute Gasteiger partial charge is 0.352 e. The van der Waals surface area contributed by atoms with Crippen LogP contribution in [-0.2, 0) is 0 Å². The second-order valence-electron chi connectivity index (χ2n) is 3.99. The monoisotopic (exact) mass is 254 g/mol. The van der Waals surface area contributed by atoms with E-state index in [1.165, 1.54) is 15.7 Å². The summed E-state index contributed by atoms with van der Waals surface area (Å²) in [5.74, 6) is -0.0786. The minimum atomic E-state index is -0.388. The van der Waals surface area contributed by atoms with Crippen LogP contribution in [0.3, 0.4) is 0 Å². The molecule has 2 heterocycles. The summed E-state index contributed by atoms with van der Waals surface area (Å²) < 4.78 is 1.51. The van der Waals surface area contributed by atoms with Crippen LogP contribution in [0.25, 0.3) is 4.96 Å². The lowest BCUT2D eigenvalue weighted by Crippen LogP contribution is -2.26. The Balaban J connectivity index is 2.56. The highest BCUT2D eigenvalue weighted by atomic mass is 32.1. The molecule has 7 heteroatoms. The molecular formula is C10H14N4O2S. The first-order chi connectivity index (χ1) is 8.06. The second-order valence-corrected chi connectivity index (χ2v) is 4.87. The topological polar surface area (TPSA) is 86.5 Å². The average molecular weight is 254 g/mol. The number of nitrogens with two attached hydrogens (primary N) is 1. The van der Waals surface area contributed by atoms with Gasteiger partial charge in [0.15, 0.2) is 0 Å². The maximum absolute atomic E-state index is 11.1. The van der Waals surface area contributed by atoms with Crippen LogP contribution in [0.5, 0.6) is 0 Å². The molecule has 0 fully saturated rings. The van der Waals surface area contributed by atoms with E-state index < -0.39 is 0 Å². The molecule has 0 aliphatic heterocycles. The van der Waals surface area contributed by atoms with Crippen molar-refractivity contribution in [2.75, 3.05) is 0 Å². The van der Waals surface area contributed by atoms with Crippen LogP contribution in [0.15, 0.2) is 11.6 Å². The van der Waals surface area contributed by atoms with Gasteiger partial charge in [-0.2, -0.15) is 9.38 Å². The Morgan fingerprint density at radius 2 is 2.41 bits per heavy atom. The van der Waals surface area contributed by atoms with E-state index in [1.54, 1.807) is 11.6 Å². The Kier molecular flexibility index (Phi) is 3.12. The summed E-state index contributed by atoms with van der Waals surface area (Å²) in [6.07, 6.45) is 2.43. The van der Waals surface area contributed by atoms with Crippen LogP contribution in [0.2, 0.25) is 0 Å². The summed E-state index contributed by atoms with van der Waals surface area (Å²) in [5.41, 5.74) is 6.42. The molecule has 2 aromatic rings. The standard InChI is InChI=1S/C10H14N4O2S/c1-3-7(11)6(2)8-9(14(15)16)13-4-5-17-10(13)12-8/h4-7H,3,11H2,1-2H3. The molecule has 0 radical (unpaired) electrons. The third-order valence-corrected chi connectivity index (χ3v) is 3.74. The fourth-order valence-corrected chi connectivity index (χ4v) is 2.55. The Hall–Kier alpha value is -1.47. The van der Waals surface area contributed by atoms with Crippen molar-refractivity contribution in [3.63, 3.8) is 0 Å². The van der Waals surface area contributed by atoms with Gasteiger partial charge < -0.3 is 15.8 Å². The molecule has 0 spiro atoms. The molecule has 0 saturated heterocycles. The molecule has 0 aromatic carbocycles. The van der Waals surface area contributed by atoms with Gasteiger partial charge in [0.05, 0.1) is 0 Å². The van der Waals surface area contributed by atoms with Gasteiger partial charge in [0.2, 0.25) is 0 Å². The normalized spacial score (nSPS) is 15.0. The minimum Gasteiger partial charge on any atom is -0.358 e. The molecule has 0 aliphatic rings. The van der Waals surface area contributed by atoms with E-state index in [2.05, 4.69) is 4.98 Å². The first-order valence-corrected chi connectivity index (χ1v) is 6.29. The van der Waals surface area contributed by atoms with Crippen LogP contribution >= 0.6 is 11.3 Å². The number of hydrogen-bond acceptors (Lipinski definition) is 5. The van der Waals surface area contributed by atoms with Crippen molar-refractivity contribution in [1.29, 1.82) is 0 Å². The zero-order chi connectivity index (χ0) is 12.6. The van der Waals surface area contributed by atoms with Gasteiger partial charge in [0.25, 0.3) is 4.96 Å². The molecule has 0 amide bonds. The molecule has 17 heavy (non-hydrogen) atoms. The van der Waals surface area contributed by atoms with E-state index in [1.807, 2.05) is 13.8 Å². The zero-order valence-corrected chi connectivity index (χ0v) is 10.5.